The maximum absolute atomic E-state index is 12.5. The van der Waals surface area contributed by atoms with Crippen molar-refractivity contribution in [3.63, 3.8) is 0 Å². The van der Waals surface area contributed by atoms with Crippen molar-refractivity contribution >= 4 is 6.08 Å². The number of allylic oxidation sites excluding steroid dienone is 1. The fraction of sp³-hybridized carbons (Fsp3) is 0.222. The first-order chi connectivity index (χ1) is 7.25. The predicted molar refractivity (Wildman–Crippen MR) is 45.8 cm³/mol. The molecule has 0 atom stereocenters. The van der Waals surface area contributed by atoms with Crippen molar-refractivity contribution in [2.45, 2.75) is 12.1 Å². The zero-order valence-corrected chi connectivity index (χ0v) is 7.67. The van der Waals surface area contributed by atoms with E-state index in [2.05, 4.69) is 4.98 Å². The number of aromatic nitrogens is 1. The van der Waals surface area contributed by atoms with Crippen LogP contribution >= 0.6 is 0 Å². The first-order valence-corrected chi connectivity index (χ1v) is 4.02. The summed E-state index contributed by atoms with van der Waals surface area (Å²) in [4.78, 5) is 3.48. The maximum Gasteiger partial charge on any atom is 0.461 e. The quantitative estimate of drug-likeness (QED) is 0.635. The van der Waals surface area contributed by atoms with Gasteiger partial charge in [0.05, 0.1) is 5.69 Å². The molecule has 1 aromatic heterocycles. The van der Waals surface area contributed by atoms with Gasteiger partial charge in [0.15, 0.2) is 5.76 Å². The van der Waals surface area contributed by atoms with E-state index in [0.717, 1.165) is 0 Å². The van der Waals surface area contributed by atoms with Crippen LogP contribution in [0.5, 0.6) is 0 Å². The molecule has 0 amide bonds. The van der Waals surface area contributed by atoms with E-state index in [4.69, 9.17) is 5.11 Å². The van der Waals surface area contributed by atoms with E-state index in [1.54, 1.807) is 0 Å². The van der Waals surface area contributed by atoms with Gasteiger partial charge in [0, 0.05) is 12.3 Å². The smallest absolute Gasteiger partial charge is 0.461 e. The molecular formula is C9H6F5NO. The zero-order valence-electron chi connectivity index (χ0n) is 7.67. The Morgan fingerprint density at radius 3 is 2.25 bits per heavy atom. The van der Waals surface area contributed by atoms with Crippen LogP contribution in [-0.2, 0) is 0 Å². The lowest BCUT2D eigenvalue weighted by molar-refractivity contribution is -0.273. The van der Waals surface area contributed by atoms with Crippen LogP contribution in [-0.4, -0.2) is 22.2 Å². The normalized spacial score (nSPS) is 13.9. The van der Waals surface area contributed by atoms with E-state index < -0.39 is 17.9 Å². The van der Waals surface area contributed by atoms with E-state index in [1.165, 1.54) is 24.4 Å². The summed E-state index contributed by atoms with van der Waals surface area (Å²) in [6, 6.07) is 4.02. The molecule has 16 heavy (non-hydrogen) atoms. The van der Waals surface area contributed by atoms with E-state index in [0.29, 0.717) is 0 Å². The van der Waals surface area contributed by atoms with Crippen LogP contribution in [0, 0.1) is 0 Å². The van der Waals surface area contributed by atoms with Crippen molar-refractivity contribution in [3.8, 4) is 0 Å². The minimum Gasteiger partial charge on any atom is -0.506 e. The minimum atomic E-state index is -5.83. The zero-order chi connectivity index (χ0) is 12.4. The lowest BCUT2D eigenvalue weighted by Crippen LogP contribution is -2.38. The minimum absolute atomic E-state index is 0.191. The number of hydrogen-bond acceptors (Lipinski definition) is 2. The van der Waals surface area contributed by atoms with Crippen LogP contribution < -0.4 is 0 Å². The molecule has 0 unspecified atom stereocenters. The highest BCUT2D eigenvalue weighted by molar-refractivity contribution is 5.48. The van der Waals surface area contributed by atoms with Gasteiger partial charge in [-0.05, 0) is 12.1 Å². The molecule has 7 heteroatoms. The number of alkyl halides is 5. The maximum atomic E-state index is 12.5. The van der Waals surface area contributed by atoms with Gasteiger partial charge in [-0.3, -0.25) is 4.98 Å². The molecule has 0 aromatic carbocycles. The highest BCUT2D eigenvalue weighted by atomic mass is 19.4. The number of aliphatic hydroxyl groups is 1. The number of halogens is 5. The van der Waals surface area contributed by atoms with Crippen molar-refractivity contribution in [1.82, 2.24) is 4.98 Å². The van der Waals surface area contributed by atoms with Crippen LogP contribution in [0.2, 0.25) is 0 Å². The Kier molecular flexibility index (Phi) is 3.16. The third kappa shape index (κ3) is 2.47. The van der Waals surface area contributed by atoms with Crippen molar-refractivity contribution in [3.05, 3.63) is 35.8 Å². The molecule has 0 saturated heterocycles. The van der Waals surface area contributed by atoms with Gasteiger partial charge >= 0.3 is 12.1 Å². The fourth-order valence-electron chi connectivity index (χ4n) is 0.837. The molecule has 0 aliphatic carbocycles. The molecule has 0 radical (unpaired) electrons. The van der Waals surface area contributed by atoms with Gasteiger partial charge in [-0.1, -0.05) is 6.07 Å². The van der Waals surface area contributed by atoms with E-state index >= 15 is 0 Å². The fourth-order valence-corrected chi connectivity index (χ4v) is 0.837. The molecule has 0 saturated carbocycles. The lowest BCUT2D eigenvalue weighted by atomic mass is 10.2. The molecule has 1 heterocycles. The third-order valence-electron chi connectivity index (χ3n) is 1.65. The van der Waals surface area contributed by atoms with Gasteiger partial charge < -0.3 is 5.11 Å². The molecule has 88 valence electrons. The Hall–Kier alpha value is -1.66. The SMILES string of the molecule is O/C(=C\c1ccccn1)C(F)(F)C(F)(F)F. The highest BCUT2D eigenvalue weighted by Crippen LogP contribution is 2.40. The molecule has 0 spiro atoms. The van der Waals surface area contributed by atoms with Crippen LogP contribution in [0.25, 0.3) is 6.08 Å². The third-order valence-corrected chi connectivity index (χ3v) is 1.65. The van der Waals surface area contributed by atoms with Crippen LogP contribution in [0.1, 0.15) is 5.69 Å². The van der Waals surface area contributed by atoms with Crippen LogP contribution in [0.4, 0.5) is 22.0 Å². The molecule has 0 aliphatic heterocycles. The summed E-state index contributed by atoms with van der Waals surface area (Å²) in [7, 11) is 0. The second-order valence-electron chi connectivity index (χ2n) is 2.86. The van der Waals surface area contributed by atoms with E-state index in [-0.39, 0.29) is 11.8 Å². The van der Waals surface area contributed by atoms with Crippen LogP contribution in [0.15, 0.2) is 30.2 Å². The predicted octanol–water partition coefficient (Wildman–Crippen LogP) is 3.18. The van der Waals surface area contributed by atoms with Gasteiger partial charge in [-0.2, -0.15) is 22.0 Å². The van der Waals surface area contributed by atoms with Gasteiger partial charge in [-0.15, -0.1) is 0 Å². The van der Waals surface area contributed by atoms with Crippen molar-refractivity contribution in [2.75, 3.05) is 0 Å². The summed E-state index contributed by atoms with van der Waals surface area (Å²) < 4.78 is 60.5. The largest absolute Gasteiger partial charge is 0.506 e. The summed E-state index contributed by atoms with van der Waals surface area (Å²) in [5.41, 5.74) is -0.191. The topological polar surface area (TPSA) is 33.1 Å². The Balaban J connectivity index is 3.03. The summed E-state index contributed by atoms with van der Waals surface area (Å²) in [6.07, 6.45) is -4.36. The summed E-state index contributed by atoms with van der Waals surface area (Å²) in [5.74, 6) is -7.36. The van der Waals surface area contributed by atoms with Gasteiger partial charge in [-0.25, -0.2) is 0 Å². The van der Waals surface area contributed by atoms with Gasteiger partial charge in [0.25, 0.3) is 0 Å². The average molecular weight is 239 g/mol. The van der Waals surface area contributed by atoms with E-state index in [9.17, 15) is 22.0 Å². The van der Waals surface area contributed by atoms with Gasteiger partial charge in [0.1, 0.15) is 0 Å². The second-order valence-corrected chi connectivity index (χ2v) is 2.86. The second kappa shape index (κ2) is 4.07. The Morgan fingerprint density at radius 1 is 1.19 bits per heavy atom. The standard InChI is InChI=1S/C9H6F5NO/c10-8(11,9(12,13)14)7(16)5-6-3-1-2-4-15-6/h1-5,16H/b7-5-. The number of nitrogens with zero attached hydrogens (tertiary/aromatic N) is 1. The molecule has 0 bridgehead atoms. The Labute approximate surface area is 87.0 Å². The Bertz CT molecular complexity index is 385. The van der Waals surface area contributed by atoms with E-state index in [1.807, 2.05) is 0 Å². The summed E-state index contributed by atoms with van der Waals surface area (Å²) >= 11 is 0. The number of rotatable bonds is 2. The Morgan fingerprint density at radius 2 is 1.81 bits per heavy atom. The highest BCUT2D eigenvalue weighted by Gasteiger charge is 2.60. The summed E-state index contributed by atoms with van der Waals surface area (Å²) in [6.45, 7) is 0. The van der Waals surface area contributed by atoms with Gasteiger partial charge in [0.2, 0.25) is 0 Å². The number of pyridine rings is 1. The van der Waals surface area contributed by atoms with Crippen molar-refractivity contribution in [2.24, 2.45) is 0 Å². The first kappa shape index (κ1) is 12.4. The molecule has 1 aromatic rings. The molecule has 0 aliphatic rings. The molecular weight excluding hydrogens is 233 g/mol. The molecule has 1 N–H and O–H groups in total. The number of hydrogen-bond donors (Lipinski definition) is 1. The van der Waals surface area contributed by atoms with Crippen molar-refractivity contribution in [1.29, 1.82) is 0 Å². The lowest BCUT2D eigenvalue weighted by Gasteiger charge is -2.18. The first-order valence-electron chi connectivity index (χ1n) is 4.02. The molecule has 1 rings (SSSR count). The molecule has 0 fully saturated rings. The molecule has 2 nitrogen and oxygen atoms in total. The number of aliphatic hydroxyl groups excluding tert-OH is 1. The monoisotopic (exact) mass is 239 g/mol. The summed E-state index contributed by atoms with van der Waals surface area (Å²) in [5, 5.41) is 8.72. The van der Waals surface area contributed by atoms with Crippen molar-refractivity contribution < 1.29 is 27.1 Å². The van der Waals surface area contributed by atoms with Crippen LogP contribution in [0.3, 0.4) is 0 Å². The average Bonchev–Trinajstić information content (AvgIpc) is 2.17.